The Hall–Kier alpha value is -0.900. The molecule has 118 valence electrons. The molecule has 0 spiro atoms. The van der Waals surface area contributed by atoms with Crippen LogP contribution in [0.15, 0.2) is 30.3 Å². The number of nitrogens with one attached hydrogen (secondary N) is 1. The van der Waals surface area contributed by atoms with Crippen molar-refractivity contribution in [2.24, 2.45) is 0 Å². The molecule has 0 aromatic heterocycles. The van der Waals surface area contributed by atoms with Crippen LogP contribution in [0.1, 0.15) is 32.8 Å². The Morgan fingerprint density at radius 1 is 1.24 bits per heavy atom. The molecule has 1 fully saturated rings. The maximum absolute atomic E-state index is 3.81. The monoisotopic (exact) mass is 289 g/mol. The molecule has 2 rings (SSSR count). The van der Waals surface area contributed by atoms with Gasteiger partial charge in [-0.2, -0.15) is 0 Å². The van der Waals surface area contributed by atoms with Gasteiger partial charge in [-0.1, -0.05) is 44.2 Å². The third kappa shape index (κ3) is 5.42. The van der Waals surface area contributed by atoms with E-state index in [2.05, 4.69) is 66.2 Å². The van der Waals surface area contributed by atoms with Crippen molar-refractivity contribution in [3.05, 3.63) is 35.9 Å². The van der Waals surface area contributed by atoms with E-state index < -0.39 is 0 Å². The van der Waals surface area contributed by atoms with E-state index in [9.17, 15) is 0 Å². The summed E-state index contributed by atoms with van der Waals surface area (Å²) in [5, 5.41) is 3.81. The van der Waals surface area contributed by atoms with Gasteiger partial charge in [-0.15, -0.1) is 0 Å². The number of likely N-dealkylation sites (tertiary alicyclic amines) is 1. The Kier molecular flexibility index (Phi) is 6.68. The van der Waals surface area contributed by atoms with Crippen molar-refractivity contribution in [3.63, 3.8) is 0 Å². The number of rotatable bonds is 8. The van der Waals surface area contributed by atoms with Crippen LogP contribution >= 0.6 is 0 Å². The van der Waals surface area contributed by atoms with E-state index in [0.29, 0.717) is 12.1 Å². The lowest BCUT2D eigenvalue weighted by Gasteiger charge is -2.26. The van der Waals surface area contributed by atoms with Crippen molar-refractivity contribution >= 4 is 0 Å². The number of nitrogens with zero attached hydrogens (tertiary/aromatic N) is 2. The summed E-state index contributed by atoms with van der Waals surface area (Å²) < 4.78 is 0. The molecule has 0 bridgehead atoms. The van der Waals surface area contributed by atoms with Gasteiger partial charge in [0.1, 0.15) is 0 Å². The average Bonchev–Trinajstić information content (AvgIpc) is 2.92. The zero-order valence-electron chi connectivity index (χ0n) is 13.9. The van der Waals surface area contributed by atoms with Gasteiger partial charge >= 0.3 is 0 Å². The van der Waals surface area contributed by atoms with E-state index >= 15 is 0 Å². The van der Waals surface area contributed by atoms with E-state index in [1.54, 1.807) is 0 Å². The highest BCUT2D eigenvalue weighted by molar-refractivity contribution is 5.14. The highest BCUT2D eigenvalue weighted by atomic mass is 15.2. The summed E-state index contributed by atoms with van der Waals surface area (Å²) in [5.41, 5.74) is 1.43. The van der Waals surface area contributed by atoms with Crippen LogP contribution < -0.4 is 5.32 Å². The SMILES string of the molecule is CCN(CC)CC(C)NC1CCN(Cc2ccccc2)C1. The molecule has 0 radical (unpaired) electrons. The Labute approximate surface area is 130 Å². The summed E-state index contributed by atoms with van der Waals surface area (Å²) in [4.78, 5) is 5.06. The van der Waals surface area contributed by atoms with Crippen LogP contribution in [0.25, 0.3) is 0 Å². The van der Waals surface area contributed by atoms with Gasteiger partial charge in [0.2, 0.25) is 0 Å². The Morgan fingerprint density at radius 2 is 1.95 bits per heavy atom. The molecule has 0 amide bonds. The standard InChI is InChI=1S/C18H31N3/c1-4-20(5-2)13-16(3)19-18-11-12-21(15-18)14-17-9-7-6-8-10-17/h6-10,16,18-19H,4-5,11-15H2,1-3H3. The second-order valence-electron chi connectivity index (χ2n) is 6.26. The number of benzene rings is 1. The van der Waals surface area contributed by atoms with Gasteiger partial charge in [0.25, 0.3) is 0 Å². The molecular formula is C18H31N3. The van der Waals surface area contributed by atoms with Gasteiger partial charge in [-0.3, -0.25) is 4.90 Å². The summed E-state index contributed by atoms with van der Waals surface area (Å²) in [7, 11) is 0. The van der Waals surface area contributed by atoms with Crippen LogP contribution in [0.3, 0.4) is 0 Å². The average molecular weight is 289 g/mol. The van der Waals surface area contributed by atoms with Gasteiger partial charge < -0.3 is 10.2 Å². The first-order valence-electron chi connectivity index (χ1n) is 8.46. The van der Waals surface area contributed by atoms with Crippen LogP contribution in [0.4, 0.5) is 0 Å². The predicted octanol–water partition coefficient (Wildman–Crippen LogP) is 2.58. The van der Waals surface area contributed by atoms with Crippen molar-refractivity contribution in [2.45, 2.75) is 45.8 Å². The van der Waals surface area contributed by atoms with Crippen molar-refractivity contribution in [3.8, 4) is 0 Å². The Morgan fingerprint density at radius 3 is 2.62 bits per heavy atom. The molecule has 1 aromatic rings. The van der Waals surface area contributed by atoms with Gasteiger partial charge in [-0.25, -0.2) is 0 Å². The zero-order chi connectivity index (χ0) is 15.1. The maximum atomic E-state index is 3.81. The van der Waals surface area contributed by atoms with E-state index in [0.717, 1.165) is 26.2 Å². The van der Waals surface area contributed by atoms with Crippen LogP contribution in [0.5, 0.6) is 0 Å². The zero-order valence-corrected chi connectivity index (χ0v) is 13.9. The first-order chi connectivity index (χ1) is 10.2. The Bertz CT molecular complexity index is 389. The van der Waals surface area contributed by atoms with Crippen molar-refractivity contribution < 1.29 is 0 Å². The third-order valence-corrected chi connectivity index (χ3v) is 4.47. The predicted molar refractivity (Wildman–Crippen MR) is 90.5 cm³/mol. The quantitative estimate of drug-likeness (QED) is 0.793. The fourth-order valence-electron chi connectivity index (χ4n) is 3.28. The van der Waals surface area contributed by atoms with Crippen molar-refractivity contribution in [2.75, 3.05) is 32.7 Å². The molecule has 1 aliphatic heterocycles. The Balaban J connectivity index is 1.72. The fourth-order valence-corrected chi connectivity index (χ4v) is 3.28. The molecule has 3 nitrogen and oxygen atoms in total. The molecule has 1 saturated heterocycles. The molecule has 1 aromatic carbocycles. The minimum absolute atomic E-state index is 0.576. The summed E-state index contributed by atoms with van der Waals surface area (Å²) in [6.07, 6.45) is 1.27. The van der Waals surface area contributed by atoms with Crippen molar-refractivity contribution in [1.82, 2.24) is 15.1 Å². The fraction of sp³-hybridized carbons (Fsp3) is 0.667. The first-order valence-corrected chi connectivity index (χ1v) is 8.46. The second kappa shape index (κ2) is 8.52. The molecule has 0 saturated carbocycles. The van der Waals surface area contributed by atoms with E-state index in [1.807, 2.05) is 0 Å². The number of hydrogen-bond acceptors (Lipinski definition) is 3. The largest absolute Gasteiger partial charge is 0.309 e. The van der Waals surface area contributed by atoms with Crippen LogP contribution in [0, 0.1) is 0 Å². The molecule has 0 aliphatic carbocycles. The van der Waals surface area contributed by atoms with Gasteiger partial charge in [0.15, 0.2) is 0 Å². The highest BCUT2D eigenvalue weighted by Gasteiger charge is 2.23. The summed E-state index contributed by atoms with van der Waals surface area (Å²) in [6.45, 7) is 13.7. The lowest BCUT2D eigenvalue weighted by molar-refractivity contribution is 0.257. The molecule has 2 atom stereocenters. The first kappa shape index (κ1) is 16.5. The minimum Gasteiger partial charge on any atom is -0.309 e. The lowest BCUT2D eigenvalue weighted by atomic mass is 10.2. The molecule has 1 N–H and O–H groups in total. The van der Waals surface area contributed by atoms with E-state index in [4.69, 9.17) is 0 Å². The molecule has 21 heavy (non-hydrogen) atoms. The van der Waals surface area contributed by atoms with E-state index in [-0.39, 0.29) is 0 Å². The minimum atomic E-state index is 0.576. The van der Waals surface area contributed by atoms with Crippen LogP contribution in [0.2, 0.25) is 0 Å². The molecule has 3 heteroatoms. The summed E-state index contributed by atoms with van der Waals surface area (Å²) in [6, 6.07) is 12.0. The smallest absolute Gasteiger partial charge is 0.0234 e. The molecular weight excluding hydrogens is 258 g/mol. The summed E-state index contributed by atoms with van der Waals surface area (Å²) >= 11 is 0. The highest BCUT2D eigenvalue weighted by Crippen LogP contribution is 2.14. The number of likely N-dealkylation sites (N-methyl/N-ethyl adjacent to an activating group) is 1. The summed E-state index contributed by atoms with van der Waals surface area (Å²) in [5.74, 6) is 0. The molecule has 1 heterocycles. The van der Waals surface area contributed by atoms with Gasteiger partial charge in [-0.05, 0) is 32.0 Å². The third-order valence-electron chi connectivity index (χ3n) is 4.47. The molecule has 2 unspecified atom stereocenters. The van der Waals surface area contributed by atoms with Crippen LogP contribution in [-0.2, 0) is 6.54 Å². The van der Waals surface area contributed by atoms with E-state index in [1.165, 1.54) is 25.1 Å². The van der Waals surface area contributed by atoms with Gasteiger partial charge in [0, 0.05) is 38.3 Å². The molecule has 1 aliphatic rings. The van der Waals surface area contributed by atoms with Crippen LogP contribution in [-0.4, -0.2) is 54.6 Å². The maximum Gasteiger partial charge on any atom is 0.0234 e. The normalized spacial score (nSPS) is 21.0. The second-order valence-corrected chi connectivity index (χ2v) is 6.26. The van der Waals surface area contributed by atoms with Gasteiger partial charge in [0.05, 0.1) is 0 Å². The topological polar surface area (TPSA) is 18.5 Å². The number of hydrogen-bond donors (Lipinski definition) is 1. The lowest BCUT2D eigenvalue weighted by Crippen LogP contribution is -2.44. The van der Waals surface area contributed by atoms with Crippen molar-refractivity contribution in [1.29, 1.82) is 0 Å².